The summed E-state index contributed by atoms with van der Waals surface area (Å²) in [5.41, 5.74) is 6.17. The first-order valence-electron chi connectivity index (χ1n) is 6.27. The number of carbonyl (C=O) groups excluding carboxylic acids is 1. The second-order valence-electron chi connectivity index (χ2n) is 5.06. The van der Waals surface area contributed by atoms with E-state index in [0.29, 0.717) is 17.6 Å². The van der Waals surface area contributed by atoms with Gasteiger partial charge in [0.05, 0.1) is 0 Å². The Morgan fingerprint density at radius 3 is 2.83 bits per heavy atom. The van der Waals surface area contributed by atoms with E-state index >= 15 is 0 Å². The van der Waals surface area contributed by atoms with E-state index < -0.39 is 0 Å². The highest BCUT2D eigenvalue weighted by molar-refractivity contribution is 5.75. The third-order valence-corrected chi connectivity index (χ3v) is 3.69. The fourth-order valence-electron chi connectivity index (χ4n) is 2.00. The van der Waals surface area contributed by atoms with Gasteiger partial charge in [-0.05, 0) is 30.7 Å². The van der Waals surface area contributed by atoms with Crippen molar-refractivity contribution in [3.05, 3.63) is 28.7 Å². The Morgan fingerprint density at radius 1 is 1.50 bits per heavy atom. The van der Waals surface area contributed by atoms with Gasteiger partial charge in [0.15, 0.2) is 0 Å². The van der Waals surface area contributed by atoms with Crippen LogP contribution in [0, 0.1) is 5.41 Å². The summed E-state index contributed by atoms with van der Waals surface area (Å²) in [5.74, 6) is -0.137. The lowest BCUT2D eigenvalue weighted by atomic mass is 10.0. The summed E-state index contributed by atoms with van der Waals surface area (Å²) in [6, 6.07) is 2.91. The van der Waals surface area contributed by atoms with Gasteiger partial charge in [-0.25, -0.2) is 0 Å². The summed E-state index contributed by atoms with van der Waals surface area (Å²) in [7, 11) is 0. The molecule has 0 atom stereocenters. The van der Waals surface area contributed by atoms with E-state index in [4.69, 9.17) is 5.73 Å². The minimum atomic E-state index is -0.212. The van der Waals surface area contributed by atoms with Gasteiger partial charge < -0.3 is 15.6 Å². The summed E-state index contributed by atoms with van der Waals surface area (Å²) >= 11 is 0. The molecule has 1 fully saturated rings. The smallest absolute Gasteiger partial charge is 0.251 e. The molecule has 0 radical (unpaired) electrons. The Kier molecular flexibility index (Phi) is 3.41. The summed E-state index contributed by atoms with van der Waals surface area (Å²) in [6.45, 7) is 2.88. The second-order valence-corrected chi connectivity index (χ2v) is 5.06. The largest absolute Gasteiger partial charge is 0.398 e. The molecule has 0 aromatic carbocycles. The maximum atomic E-state index is 11.8. The average molecular weight is 249 g/mol. The Bertz CT molecular complexity index is 503. The lowest BCUT2D eigenvalue weighted by Gasteiger charge is -2.14. The molecular formula is C13H19N3O2. The highest BCUT2D eigenvalue weighted by atomic mass is 16.2. The number of pyridine rings is 1. The Balaban J connectivity index is 1.91. The van der Waals surface area contributed by atoms with E-state index in [1.807, 2.05) is 0 Å². The van der Waals surface area contributed by atoms with E-state index in [0.717, 1.165) is 6.42 Å². The second kappa shape index (κ2) is 4.84. The third kappa shape index (κ3) is 2.91. The zero-order valence-electron chi connectivity index (χ0n) is 10.6. The minimum Gasteiger partial charge on any atom is -0.398 e. The number of carbonyl (C=O) groups is 1. The number of nitrogen functional groups attached to an aromatic ring is 1. The van der Waals surface area contributed by atoms with Gasteiger partial charge in [-0.1, -0.05) is 6.92 Å². The van der Waals surface area contributed by atoms with Gasteiger partial charge in [-0.2, -0.15) is 0 Å². The number of nitrogens with zero attached hydrogens (tertiary/aromatic N) is 1. The van der Waals surface area contributed by atoms with Crippen LogP contribution in [0.15, 0.2) is 23.1 Å². The van der Waals surface area contributed by atoms with Crippen molar-refractivity contribution in [2.75, 3.05) is 12.3 Å². The Morgan fingerprint density at radius 2 is 2.22 bits per heavy atom. The van der Waals surface area contributed by atoms with Crippen molar-refractivity contribution in [3.8, 4) is 0 Å². The Labute approximate surface area is 106 Å². The number of hydrogen-bond acceptors (Lipinski definition) is 3. The topological polar surface area (TPSA) is 77.1 Å². The van der Waals surface area contributed by atoms with Crippen LogP contribution in [-0.2, 0) is 11.3 Å². The lowest BCUT2D eigenvalue weighted by molar-refractivity contribution is -0.122. The van der Waals surface area contributed by atoms with Crippen molar-refractivity contribution < 1.29 is 4.79 Å². The number of amides is 1. The normalized spacial score (nSPS) is 16.3. The zero-order chi connectivity index (χ0) is 13.2. The molecule has 5 nitrogen and oxygen atoms in total. The Hall–Kier alpha value is -1.78. The van der Waals surface area contributed by atoms with Crippen LogP contribution in [0.4, 0.5) is 5.69 Å². The molecule has 1 amide bonds. The number of rotatable bonds is 5. The molecule has 3 N–H and O–H groups in total. The number of aromatic nitrogens is 1. The molecule has 1 heterocycles. The van der Waals surface area contributed by atoms with Crippen LogP contribution in [0.2, 0.25) is 0 Å². The summed E-state index contributed by atoms with van der Waals surface area (Å²) in [6.07, 6.45) is 4.95. The molecule has 1 aliphatic rings. The van der Waals surface area contributed by atoms with Crippen LogP contribution in [0.5, 0.6) is 0 Å². The van der Waals surface area contributed by atoms with E-state index in [1.165, 1.54) is 35.7 Å². The van der Waals surface area contributed by atoms with Crippen molar-refractivity contribution in [3.63, 3.8) is 0 Å². The molecule has 0 bridgehead atoms. The van der Waals surface area contributed by atoms with Crippen LogP contribution in [0.25, 0.3) is 0 Å². The molecule has 5 heteroatoms. The lowest BCUT2D eigenvalue weighted by Crippen LogP contribution is -2.35. The number of anilines is 1. The van der Waals surface area contributed by atoms with Gasteiger partial charge in [0.2, 0.25) is 5.91 Å². The summed E-state index contributed by atoms with van der Waals surface area (Å²) in [4.78, 5) is 23.3. The van der Waals surface area contributed by atoms with E-state index in [9.17, 15) is 9.59 Å². The number of nitrogens with two attached hydrogens (primary N) is 1. The summed E-state index contributed by atoms with van der Waals surface area (Å²) < 4.78 is 1.33. The van der Waals surface area contributed by atoms with Gasteiger partial charge in [0.1, 0.15) is 6.54 Å². The molecule has 1 aromatic rings. The molecule has 2 rings (SSSR count). The van der Waals surface area contributed by atoms with Gasteiger partial charge in [0, 0.05) is 24.5 Å². The predicted octanol–water partition coefficient (Wildman–Crippen LogP) is 0.737. The first-order valence-corrected chi connectivity index (χ1v) is 6.27. The molecule has 98 valence electrons. The fourth-order valence-corrected chi connectivity index (χ4v) is 2.00. The maximum absolute atomic E-state index is 11.8. The van der Waals surface area contributed by atoms with Crippen molar-refractivity contribution in [1.29, 1.82) is 0 Å². The van der Waals surface area contributed by atoms with Crippen molar-refractivity contribution in [2.24, 2.45) is 5.41 Å². The summed E-state index contributed by atoms with van der Waals surface area (Å²) in [5, 5.41) is 2.89. The molecule has 18 heavy (non-hydrogen) atoms. The van der Waals surface area contributed by atoms with Gasteiger partial charge >= 0.3 is 0 Å². The highest BCUT2D eigenvalue weighted by Gasteiger charge is 2.40. The van der Waals surface area contributed by atoms with Gasteiger partial charge in [-0.15, -0.1) is 0 Å². The van der Waals surface area contributed by atoms with Crippen molar-refractivity contribution in [1.82, 2.24) is 9.88 Å². The van der Waals surface area contributed by atoms with Crippen LogP contribution in [-0.4, -0.2) is 17.0 Å². The first-order chi connectivity index (χ1) is 8.54. The maximum Gasteiger partial charge on any atom is 0.251 e. The predicted molar refractivity (Wildman–Crippen MR) is 70.1 cm³/mol. The van der Waals surface area contributed by atoms with E-state index in [1.54, 1.807) is 0 Å². The fraction of sp³-hybridized carbons (Fsp3) is 0.538. The van der Waals surface area contributed by atoms with Crippen molar-refractivity contribution in [2.45, 2.75) is 32.7 Å². The molecule has 1 aliphatic carbocycles. The van der Waals surface area contributed by atoms with Crippen molar-refractivity contribution >= 4 is 11.6 Å². The monoisotopic (exact) mass is 249 g/mol. The SMILES string of the molecule is CCC1(CNC(=O)Cn2cc(N)ccc2=O)CC1. The van der Waals surface area contributed by atoms with Crippen LogP contribution < -0.4 is 16.6 Å². The molecular weight excluding hydrogens is 230 g/mol. The first kappa shape index (κ1) is 12.7. The van der Waals surface area contributed by atoms with Crippen LogP contribution >= 0.6 is 0 Å². The van der Waals surface area contributed by atoms with Crippen LogP contribution in [0.1, 0.15) is 26.2 Å². The average Bonchev–Trinajstić information content (AvgIpc) is 3.12. The minimum absolute atomic E-state index is 0.0314. The highest BCUT2D eigenvalue weighted by Crippen LogP contribution is 2.47. The van der Waals surface area contributed by atoms with Gasteiger partial charge in [0.25, 0.3) is 5.56 Å². The molecule has 1 saturated carbocycles. The third-order valence-electron chi connectivity index (χ3n) is 3.69. The number of hydrogen-bond donors (Lipinski definition) is 2. The van der Waals surface area contributed by atoms with Gasteiger partial charge in [-0.3, -0.25) is 9.59 Å². The van der Waals surface area contributed by atoms with E-state index in [-0.39, 0.29) is 18.0 Å². The number of nitrogens with one attached hydrogen (secondary N) is 1. The standard InChI is InChI=1S/C13H19N3O2/c1-2-13(5-6-13)9-15-11(17)8-16-7-10(14)3-4-12(16)18/h3-4,7H,2,5-6,8-9,14H2,1H3,(H,15,17). The van der Waals surface area contributed by atoms with Crippen LogP contribution in [0.3, 0.4) is 0 Å². The molecule has 0 spiro atoms. The molecule has 1 aromatic heterocycles. The molecule has 0 saturated heterocycles. The van der Waals surface area contributed by atoms with E-state index in [2.05, 4.69) is 12.2 Å². The molecule has 0 unspecified atom stereocenters. The quantitative estimate of drug-likeness (QED) is 0.808. The molecule has 0 aliphatic heterocycles. The zero-order valence-corrected chi connectivity index (χ0v) is 10.6.